The van der Waals surface area contributed by atoms with E-state index in [9.17, 15) is 0 Å². The van der Waals surface area contributed by atoms with Gasteiger partial charge in [0.25, 0.3) is 0 Å². The van der Waals surface area contributed by atoms with Crippen LogP contribution in [0.4, 0.5) is 0 Å². The zero-order valence-electron chi connectivity index (χ0n) is 29.1. The molecule has 2 nitrogen and oxygen atoms in total. The smallest absolute Gasteiger partial charge is 0.664 e. The largest absolute Gasteiger partial charge is 3.00 e. The molecule has 0 atom stereocenters. The molecule has 0 aliphatic heterocycles. The third-order valence-corrected chi connectivity index (χ3v) is 10.8. The molecule has 0 unspecified atom stereocenters. The minimum absolute atomic E-state index is 0. The third kappa shape index (κ3) is 6.71. The van der Waals surface area contributed by atoms with E-state index >= 15 is 0 Å². The molecule has 0 saturated carbocycles. The molecule has 48 heavy (non-hydrogen) atoms. The van der Waals surface area contributed by atoms with E-state index in [1.165, 1.54) is 37.5 Å². The fourth-order valence-corrected chi connectivity index (χ4v) is 7.85. The van der Waals surface area contributed by atoms with Crippen molar-refractivity contribution in [2.75, 3.05) is 0 Å². The van der Waals surface area contributed by atoms with Crippen molar-refractivity contribution >= 4 is 55.0 Å². The second-order valence-corrected chi connectivity index (χ2v) is 17.7. The van der Waals surface area contributed by atoms with E-state index in [2.05, 4.69) is 153 Å². The number of hydrogen-bond donors (Lipinski definition) is 0. The molecule has 0 aliphatic carbocycles. The summed E-state index contributed by atoms with van der Waals surface area (Å²) in [6.45, 7) is 20.5. The van der Waals surface area contributed by atoms with Crippen LogP contribution >= 0.6 is 23.1 Å². The zero-order valence-corrected chi connectivity index (χ0v) is 32.9. The van der Waals surface area contributed by atoms with Crippen molar-refractivity contribution < 1.29 is 22.4 Å². The van der Waals surface area contributed by atoms with Crippen molar-refractivity contribution in [2.24, 2.45) is 0 Å². The maximum absolute atomic E-state index is 5.22. The third-order valence-electron chi connectivity index (χ3n) is 8.97. The molecular formula is C43H41AuN2S2. The van der Waals surface area contributed by atoms with Gasteiger partial charge in [-0.15, -0.1) is 82.0 Å². The normalized spacial score (nSPS) is 12.6. The fourth-order valence-electron chi connectivity index (χ4n) is 6.06. The van der Waals surface area contributed by atoms with E-state index in [1.807, 2.05) is 6.20 Å². The van der Waals surface area contributed by atoms with Crippen LogP contribution in [0.1, 0.15) is 79.0 Å². The summed E-state index contributed by atoms with van der Waals surface area (Å²) < 4.78 is 1.20. The fraction of sp³-hybridized carbons (Fsp3) is 0.279. The molecule has 5 heteroatoms. The van der Waals surface area contributed by atoms with Crippen molar-refractivity contribution in [1.29, 1.82) is 0 Å². The van der Waals surface area contributed by atoms with E-state index in [0.29, 0.717) is 0 Å². The van der Waals surface area contributed by atoms with Crippen LogP contribution < -0.4 is 4.98 Å². The molecule has 0 saturated heterocycles. The summed E-state index contributed by atoms with van der Waals surface area (Å²) in [5.74, 6) is 0. The van der Waals surface area contributed by atoms with Gasteiger partial charge in [-0.3, -0.25) is 0 Å². The number of hydrogen-bond acceptors (Lipinski definition) is 3. The minimum atomic E-state index is -0.0224. The van der Waals surface area contributed by atoms with Gasteiger partial charge in [-0.05, 0) is 55.5 Å². The van der Waals surface area contributed by atoms with Crippen LogP contribution in [-0.2, 0) is 38.6 Å². The second-order valence-electron chi connectivity index (χ2n) is 15.7. The summed E-state index contributed by atoms with van der Waals surface area (Å²) in [7, 11) is 0. The van der Waals surface area contributed by atoms with Crippen LogP contribution in [0.2, 0.25) is 0 Å². The van der Waals surface area contributed by atoms with Crippen LogP contribution in [0.5, 0.6) is 0 Å². The Labute approximate surface area is 309 Å². The Hall–Kier alpha value is -3.12. The summed E-state index contributed by atoms with van der Waals surface area (Å²) in [4.78, 5) is 12.2. The number of fused-ring (bicyclic) bond motifs is 4. The molecule has 3 aromatic heterocycles. The second kappa shape index (κ2) is 12.6. The first-order valence-electron chi connectivity index (χ1n) is 16.3. The van der Waals surface area contributed by atoms with Crippen molar-refractivity contribution in [3.8, 4) is 22.4 Å². The number of thiophene rings is 1. The summed E-state index contributed by atoms with van der Waals surface area (Å²) in [5, 5.41) is 5.79. The van der Waals surface area contributed by atoms with Crippen molar-refractivity contribution in [3.05, 3.63) is 113 Å². The van der Waals surface area contributed by atoms with E-state index in [4.69, 9.17) is 9.97 Å². The molecule has 0 radical (unpaired) electrons. The molecule has 246 valence electrons. The number of aromatic nitrogens is 2. The SMILES string of the molecule is CC(C)(C)c1cc(Sc2[c-]c(-c3cc(C(C)(C)C)cc4c3[n-]c3ccc(C(C)(C)C)cc34)ccc2)[c-]c(-c2nccc3ccsc23)c1.[Au+3]. The van der Waals surface area contributed by atoms with Gasteiger partial charge in [0.1, 0.15) is 0 Å². The molecule has 4 aromatic carbocycles. The van der Waals surface area contributed by atoms with E-state index in [1.54, 1.807) is 23.1 Å². The number of pyridine rings is 1. The van der Waals surface area contributed by atoms with Gasteiger partial charge in [-0.25, -0.2) is 0 Å². The van der Waals surface area contributed by atoms with Crippen molar-refractivity contribution in [2.45, 2.75) is 88.3 Å². The van der Waals surface area contributed by atoms with Gasteiger partial charge in [0.15, 0.2) is 0 Å². The van der Waals surface area contributed by atoms with Crippen LogP contribution in [0.25, 0.3) is 54.3 Å². The first-order valence-corrected chi connectivity index (χ1v) is 18.0. The maximum atomic E-state index is 5.22. The standard InChI is InChI=1S/C43H41N2S2.Au/c1-41(2,3)29-13-14-37-35(23-29)36-25-31(43(7,8)9)24-34(39(36)45-37)27-11-10-12-32(20-27)47-33-21-28(19-30(22-33)42(4,5)6)38-40-26(15-17-44-38)16-18-46-40;/h10-19,22-25H,1-9H3;/q-3;+3. The topological polar surface area (TPSA) is 27.0 Å². The number of rotatable bonds is 4. The molecule has 0 aliphatic rings. The minimum Gasteiger partial charge on any atom is -0.664 e. The Morgan fingerprint density at radius 3 is 2.08 bits per heavy atom. The molecule has 3 heterocycles. The first-order chi connectivity index (χ1) is 22.1. The molecule has 7 rings (SSSR count). The average molecular weight is 847 g/mol. The van der Waals surface area contributed by atoms with Crippen LogP contribution in [0, 0.1) is 12.1 Å². The Bertz CT molecular complexity index is 2290. The van der Waals surface area contributed by atoms with Gasteiger partial charge < -0.3 is 9.97 Å². The Kier molecular flexibility index (Phi) is 9.15. The number of nitrogens with zero attached hydrogens (tertiary/aromatic N) is 2. The van der Waals surface area contributed by atoms with Crippen LogP contribution in [0.3, 0.4) is 0 Å². The molecule has 0 bridgehead atoms. The Morgan fingerprint density at radius 2 is 1.35 bits per heavy atom. The predicted octanol–water partition coefficient (Wildman–Crippen LogP) is 12.5. The van der Waals surface area contributed by atoms with Gasteiger partial charge in [-0.1, -0.05) is 108 Å². The van der Waals surface area contributed by atoms with Gasteiger partial charge in [0, 0.05) is 16.6 Å². The molecule has 0 amide bonds. The van der Waals surface area contributed by atoms with Gasteiger partial charge >= 0.3 is 22.4 Å². The van der Waals surface area contributed by atoms with E-state index < -0.39 is 0 Å². The molecule has 7 aromatic rings. The van der Waals surface area contributed by atoms with Gasteiger partial charge in [0.05, 0.1) is 0 Å². The Morgan fingerprint density at radius 1 is 0.667 bits per heavy atom. The van der Waals surface area contributed by atoms with Crippen molar-refractivity contribution in [1.82, 2.24) is 9.97 Å². The summed E-state index contributed by atoms with van der Waals surface area (Å²) in [6.07, 6.45) is 1.91. The molecular weight excluding hydrogens is 806 g/mol. The van der Waals surface area contributed by atoms with Gasteiger partial charge in [0.2, 0.25) is 0 Å². The monoisotopic (exact) mass is 846 g/mol. The zero-order chi connectivity index (χ0) is 33.3. The summed E-state index contributed by atoms with van der Waals surface area (Å²) in [5.41, 5.74) is 10.2. The first kappa shape index (κ1) is 34.7. The predicted molar refractivity (Wildman–Crippen MR) is 203 cm³/mol. The molecule has 0 fully saturated rings. The maximum Gasteiger partial charge on any atom is 3.00 e. The van der Waals surface area contributed by atoms with Crippen LogP contribution in [0.15, 0.2) is 94.2 Å². The summed E-state index contributed by atoms with van der Waals surface area (Å²) >= 11 is 3.45. The average Bonchev–Trinajstić information content (AvgIpc) is 3.64. The molecule has 0 N–H and O–H groups in total. The molecule has 0 spiro atoms. The van der Waals surface area contributed by atoms with E-state index in [0.717, 1.165) is 43.2 Å². The van der Waals surface area contributed by atoms with Crippen molar-refractivity contribution in [3.63, 3.8) is 0 Å². The van der Waals surface area contributed by atoms with Crippen LogP contribution in [-0.4, -0.2) is 4.98 Å². The Balaban J connectivity index is 0.00000401. The van der Waals surface area contributed by atoms with E-state index in [-0.39, 0.29) is 38.6 Å². The van der Waals surface area contributed by atoms with Gasteiger partial charge in [-0.2, -0.15) is 16.9 Å². The summed E-state index contributed by atoms with van der Waals surface area (Å²) in [6, 6.07) is 34.2. The quantitative estimate of drug-likeness (QED) is 0.130. The number of benzene rings is 4.